The summed E-state index contributed by atoms with van der Waals surface area (Å²) in [4.78, 5) is 12.0. The molecule has 2 atom stereocenters. The van der Waals surface area contributed by atoms with Crippen molar-refractivity contribution >= 4 is 109 Å². The van der Waals surface area contributed by atoms with E-state index in [1.165, 1.54) is 87.5 Å². The Morgan fingerprint density at radius 2 is 1.31 bits per heavy atom. The van der Waals surface area contributed by atoms with Crippen molar-refractivity contribution in [3.8, 4) is 19.5 Å². The van der Waals surface area contributed by atoms with Crippen LogP contribution in [0.5, 0.6) is 0 Å². The van der Waals surface area contributed by atoms with Crippen molar-refractivity contribution in [3.05, 3.63) is 154 Å². The van der Waals surface area contributed by atoms with E-state index >= 15 is 0 Å². The van der Waals surface area contributed by atoms with Gasteiger partial charge in [-0.2, -0.15) is 5.10 Å². The molecule has 1 aliphatic rings. The predicted molar refractivity (Wildman–Crippen MR) is 240 cm³/mol. The zero-order valence-corrected chi connectivity index (χ0v) is 33.4. The molecule has 1 unspecified atom stereocenters. The Kier molecular flexibility index (Phi) is 7.80. The summed E-state index contributed by atoms with van der Waals surface area (Å²) < 4.78 is 3.85. The van der Waals surface area contributed by atoms with Crippen molar-refractivity contribution < 1.29 is 0 Å². The van der Waals surface area contributed by atoms with Crippen LogP contribution in [0.3, 0.4) is 0 Å². The molecule has 6 aromatic carbocycles. The lowest BCUT2D eigenvalue weighted by atomic mass is 10.0. The number of thiophene rings is 4. The van der Waals surface area contributed by atoms with Gasteiger partial charge in [0.1, 0.15) is 0 Å². The van der Waals surface area contributed by atoms with Gasteiger partial charge in [0.2, 0.25) is 0 Å². The largest absolute Gasteiger partial charge is 0.324 e. The first-order chi connectivity index (χ1) is 26.9. The first-order valence-corrected chi connectivity index (χ1v) is 21.8. The number of rotatable bonds is 6. The highest BCUT2D eigenvalue weighted by Crippen LogP contribution is 2.46. The summed E-state index contributed by atoms with van der Waals surface area (Å²) in [6.45, 7) is 4.37. The normalized spacial score (nSPS) is 15.7. The van der Waals surface area contributed by atoms with Crippen LogP contribution in [0.2, 0.25) is 0 Å². The number of fused-ring (bicyclic) bond motifs is 8. The highest BCUT2D eigenvalue weighted by atomic mass is 32.1. The quantitative estimate of drug-likeness (QED) is 0.165. The Balaban J connectivity index is 1.17. The molecule has 3 N–H and O–H groups in total. The van der Waals surface area contributed by atoms with E-state index in [2.05, 4.69) is 128 Å². The lowest BCUT2D eigenvalue weighted by Crippen LogP contribution is -2.21. The number of nitrogens with one attached hydrogen (secondary N) is 1. The summed E-state index contributed by atoms with van der Waals surface area (Å²) in [6, 6.07) is 41.9. The van der Waals surface area contributed by atoms with E-state index in [1.54, 1.807) is 0 Å². The molecule has 10 aromatic rings. The van der Waals surface area contributed by atoms with Crippen LogP contribution in [-0.2, 0) is 6.42 Å². The number of benzene rings is 4. The summed E-state index contributed by atoms with van der Waals surface area (Å²) >= 11 is 7.47. The monoisotopic (exact) mass is 782 g/mol. The van der Waals surface area contributed by atoms with Crippen molar-refractivity contribution in [2.45, 2.75) is 32.4 Å². The summed E-state index contributed by atoms with van der Waals surface area (Å²) in [5.41, 5.74) is 14.5. The molecule has 11 rings (SSSR count). The maximum atomic E-state index is 6.30. The molecular formula is C47H34N4S4. The van der Waals surface area contributed by atoms with Gasteiger partial charge in [-0.1, -0.05) is 72.3 Å². The summed E-state index contributed by atoms with van der Waals surface area (Å²) in [5, 5.41) is 15.7. The zero-order chi connectivity index (χ0) is 36.8. The van der Waals surface area contributed by atoms with E-state index in [0.29, 0.717) is 0 Å². The van der Waals surface area contributed by atoms with Gasteiger partial charge in [0, 0.05) is 76.8 Å². The number of anilines is 1. The molecule has 55 heavy (non-hydrogen) atoms. The van der Waals surface area contributed by atoms with E-state index in [9.17, 15) is 0 Å². The third-order valence-corrected chi connectivity index (χ3v) is 15.7. The van der Waals surface area contributed by atoms with Gasteiger partial charge in [-0.3, -0.25) is 10.4 Å². The molecule has 0 saturated heterocycles. The van der Waals surface area contributed by atoms with Gasteiger partial charge in [0.05, 0.1) is 22.4 Å². The Morgan fingerprint density at radius 3 is 2.05 bits per heavy atom. The average Bonchev–Trinajstić information content (AvgIpc) is 4.05. The fourth-order valence-electron chi connectivity index (χ4n) is 8.01. The van der Waals surface area contributed by atoms with Crippen LogP contribution in [0.25, 0.3) is 77.4 Å². The highest BCUT2D eigenvalue weighted by molar-refractivity contribution is 7.29. The smallest absolute Gasteiger partial charge is 0.0999 e. The molecular weight excluding hydrogens is 749 g/mol. The maximum absolute atomic E-state index is 6.30. The Labute approximate surface area is 333 Å². The van der Waals surface area contributed by atoms with Gasteiger partial charge in [0.25, 0.3) is 0 Å². The molecule has 8 heteroatoms. The van der Waals surface area contributed by atoms with E-state index < -0.39 is 0 Å². The second kappa shape index (κ2) is 12.9. The van der Waals surface area contributed by atoms with Crippen molar-refractivity contribution in [2.75, 3.05) is 5.43 Å². The van der Waals surface area contributed by atoms with Crippen LogP contribution < -0.4 is 21.9 Å². The molecule has 4 nitrogen and oxygen atoms in total. The first kappa shape index (κ1) is 33.1. The van der Waals surface area contributed by atoms with Crippen molar-refractivity contribution in [1.82, 2.24) is 0 Å². The number of para-hydroxylation sites is 1. The number of nitrogens with zero attached hydrogens (tertiary/aromatic N) is 2. The molecule has 0 saturated carbocycles. The number of hydrogen-bond acceptors (Lipinski definition) is 8. The van der Waals surface area contributed by atoms with Crippen LogP contribution in [0.4, 0.5) is 5.69 Å². The standard InChI is InChI=1S/C47H34N4S4/c1-25-13-15-38-28(17-25)19-40(52-38)42-23-36-44(49-26(2)27-9-5-3-6-10-27)32-21-35-33(22-34(32)46(36)54-42)45(51-50-31-11-7-4-8-12-31)37-24-43(55-47(35)37)41-20-29-18-30(48)14-16-39(29)53-41/h3-17,19-24,26,30,50H,18,48H2,1-2H3/b49-44?,51-45-/t26-,30?/m1/s1. The molecule has 0 bridgehead atoms. The Morgan fingerprint density at radius 1 is 0.655 bits per heavy atom. The van der Waals surface area contributed by atoms with Crippen LogP contribution in [-0.4, -0.2) is 6.04 Å². The minimum absolute atomic E-state index is 0.00188. The lowest BCUT2D eigenvalue weighted by Gasteiger charge is -2.10. The second-order valence-corrected chi connectivity index (χ2v) is 18.8. The first-order valence-electron chi connectivity index (χ1n) is 18.5. The van der Waals surface area contributed by atoms with Crippen molar-refractivity contribution in [1.29, 1.82) is 0 Å². The van der Waals surface area contributed by atoms with Gasteiger partial charge in [-0.25, -0.2) is 0 Å². The van der Waals surface area contributed by atoms with E-state index in [0.717, 1.165) is 28.2 Å². The third kappa shape index (κ3) is 5.62. The van der Waals surface area contributed by atoms with Crippen LogP contribution in [0, 0.1) is 6.92 Å². The summed E-state index contributed by atoms with van der Waals surface area (Å²) in [5.74, 6) is 0. The van der Waals surface area contributed by atoms with Crippen LogP contribution in [0.1, 0.15) is 34.5 Å². The molecule has 0 radical (unpaired) electrons. The van der Waals surface area contributed by atoms with Crippen LogP contribution >= 0.6 is 45.3 Å². The summed E-state index contributed by atoms with van der Waals surface area (Å²) in [6.07, 6.45) is 5.20. The Bertz CT molecular complexity index is 3260. The van der Waals surface area contributed by atoms with E-state index in [1.807, 2.05) is 63.5 Å². The minimum Gasteiger partial charge on any atom is -0.324 e. The summed E-state index contributed by atoms with van der Waals surface area (Å²) in [7, 11) is 0. The number of hydrogen-bond donors (Lipinski definition) is 2. The molecule has 0 amide bonds. The topological polar surface area (TPSA) is 62.8 Å². The molecule has 1 aliphatic carbocycles. The SMILES string of the molecule is Cc1ccc2sc(-c3cc4c(=N[C@H](C)c5ccccc5)c5cc6c(cc5c4s3)/c(=N/Nc3ccccc3)c3cc(-c4cc5c(s4)C=CC(N)C5)sc36)cc2c1. The van der Waals surface area contributed by atoms with Crippen LogP contribution in [0.15, 0.2) is 131 Å². The van der Waals surface area contributed by atoms with Gasteiger partial charge < -0.3 is 5.73 Å². The van der Waals surface area contributed by atoms with Gasteiger partial charge in [-0.15, -0.1) is 45.3 Å². The maximum Gasteiger partial charge on any atom is 0.0999 e. The molecule has 0 spiro atoms. The fourth-order valence-corrected chi connectivity index (χ4v) is 12.7. The molecule has 266 valence electrons. The lowest BCUT2D eigenvalue weighted by molar-refractivity contribution is 0.796. The van der Waals surface area contributed by atoms with E-state index in [-0.39, 0.29) is 12.1 Å². The minimum atomic E-state index is 0.00188. The fraction of sp³-hybridized carbons (Fsp3) is 0.106. The van der Waals surface area contributed by atoms with Crippen molar-refractivity contribution in [3.63, 3.8) is 0 Å². The highest BCUT2D eigenvalue weighted by Gasteiger charge is 2.22. The predicted octanol–water partition coefficient (Wildman–Crippen LogP) is 12.7. The molecule has 4 aromatic heterocycles. The number of aryl methyl sites for hydroxylation is 1. The van der Waals surface area contributed by atoms with Gasteiger partial charge in [-0.05, 0) is 97.5 Å². The zero-order valence-electron chi connectivity index (χ0n) is 30.1. The molecule has 0 fully saturated rings. The van der Waals surface area contributed by atoms with Gasteiger partial charge in [0.15, 0.2) is 0 Å². The van der Waals surface area contributed by atoms with Gasteiger partial charge >= 0.3 is 0 Å². The average molecular weight is 783 g/mol. The van der Waals surface area contributed by atoms with E-state index in [4.69, 9.17) is 15.8 Å². The number of nitrogens with two attached hydrogens (primary N) is 1. The molecule has 0 aliphatic heterocycles. The molecule has 4 heterocycles. The second-order valence-electron chi connectivity index (χ2n) is 14.5. The third-order valence-electron chi connectivity index (χ3n) is 10.8. The Hall–Kier alpha value is -5.22. The van der Waals surface area contributed by atoms with Crippen molar-refractivity contribution in [2.24, 2.45) is 15.8 Å².